The predicted molar refractivity (Wildman–Crippen MR) is 50.4 cm³/mol. The molecule has 3 heteroatoms. The Hall–Kier alpha value is -1.35. The maximum atomic E-state index is 11.1. The van der Waals surface area contributed by atoms with Crippen molar-refractivity contribution in [2.75, 3.05) is 6.54 Å². The Labute approximate surface area is 82.3 Å². The van der Waals surface area contributed by atoms with Crippen LogP contribution in [0.3, 0.4) is 0 Å². The van der Waals surface area contributed by atoms with E-state index in [1.54, 1.807) is 4.90 Å². The van der Waals surface area contributed by atoms with Crippen LogP contribution in [-0.2, 0) is 9.53 Å². The van der Waals surface area contributed by atoms with Crippen LogP contribution in [0, 0.1) is 0 Å². The first-order valence-corrected chi connectivity index (χ1v) is 4.84. The smallest absolute Gasteiger partial charge is 0.229 e. The van der Waals surface area contributed by atoms with E-state index in [1.165, 1.54) is 0 Å². The third kappa shape index (κ3) is 1.06. The number of benzene rings is 1. The Bertz CT molecular complexity index is 363. The maximum absolute atomic E-state index is 11.1. The molecular weight excluding hydrogens is 178 g/mol. The molecule has 0 unspecified atom stereocenters. The number of hydrogen-bond acceptors (Lipinski definition) is 2. The van der Waals surface area contributed by atoms with Crippen LogP contribution in [0.15, 0.2) is 30.3 Å². The van der Waals surface area contributed by atoms with Crippen molar-refractivity contribution in [2.24, 2.45) is 0 Å². The number of carbonyl (C=O) groups excluding carboxylic acids is 1. The summed E-state index contributed by atoms with van der Waals surface area (Å²) in [7, 11) is 0. The van der Waals surface area contributed by atoms with Gasteiger partial charge in [0, 0.05) is 0 Å². The molecule has 2 fully saturated rings. The van der Waals surface area contributed by atoms with E-state index in [-0.39, 0.29) is 18.2 Å². The van der Waals surface area contributed by atoms with Crippen molar-refractivity contribution >= 4 is 5.91 Å². The van der Waals surface area contributed by atoms with Crippen LogP contribution in [0.25, 0.3) is 0 Å². The van der Waals surface area contributed by atoms with Crippen molar-refractivity contribution in [1.82, 2.24) is 4.90 Å². The molecule has 1 aromatic rings. The lowest BCUT2D eigenvalue weighted by Crippen LogP contribution is -2.48. The zero-order valence-corrected chi connectivity index (χ0v) is 7.72. The van der Waals surface area contributed by atoms with Gasteiger partial charge in [-0.1, -0.05) is 30.3 Å². The fourth-order valence-electron chi connectivity index (χ4n) is 2.03. The van der Waals surface area contributed by atoms with E-state index in [4.69, 9.17) is 4.74 Å². The lowest BCUT2D eigenvalue weighted by molar-refractivity contribution is -0.156. The molecule has 0 aromatic heterocycles. The summed E-state index contributed by atoms with van der Waals surface area (Å²) in [6.45, 7) is 0.716. The van der Waals surface area contributed by atoms with Gasteiger partial charge in [-0.05, 0) is 5.56 Å². The number of ether oxygens (including phenoxy) is 1. The summed E-state index contributed by atoms with van der Waals surface area (Å²) in [5.41, 5.74) is 1.16. The van der Waals surface area contributed by atoms with E-state index in [2.05, 4.69) is 0 Å². The molecule has 0 bridgehead atoms. The Balaban J connectivity index is 1.80. The highest BCUT2D eigenvalue weighted by Crippen LogP contribution is 2.36. The highest BCUT2D eigenvalue weighted by Gasteiger charge is 2.45. The Kier molecular flexibility index (Phi) is 1.61. The van der Waals surface area contributed by atoms with Crippen LogP contribution >= 0.6 is 0 Å². The fourth-order valence-corrected chi connectivity index (χ4v) is 2.03. The number of β-lactam (4-membered cyclic amide) rings is 1. The van der Waals surface area contributed by atoms with Gasteiger partial charge in [0.25, 0.3) is 0 Å². The molecule has 72 valence electrons. The molecule has 0 saturated carbocycles. The van der Waals surface area contributed by atoms with E-state index in [0.717, 1.165) is 5.56 Å². The standard InChI is InChI=1S/C11H11NO2/c13-10-6-11-12(10)7-9(14-11)8-4-2-1-3-5-8/h1-5,9,11H,6-7H2/t9-,11+/m1/s1. The van der Waals surface area contributed by atoms with Gasteiger partial charge in [-0.3, -0.25) is 4.79 Å². The molecule has 2 heterocycles. The van der Waals surface area contributed by atoms with Crippen LogP contribution < -0.4 is 0 Å². The molecule has 0 radical (unpaired) electrons. The SMILES string of the molecule is O=C1C[C@@H]2O[C@@H](c3ccccc3)CN12. The van der Waals surface area contributed by atoms with Gasteiger partial charge >= 0.3 is 0 Å². The lowest BCUT2D eigenvalue weighted by Gasteiger charge is -2.31. The first-order chi connectivity index (χ1) is 6.84. The topological polar surface area (TPSA) is 29.5 Å². The average molecular weight is 189 g/mol. The third-order valence-electron chi connectivity index (χ3n) is 2.87. The van der Waals surface area contributed by atoms with Crippen LogP contribution in [0.5, 0.6) is 0 Å². The molecule has 2 aliphatic rings. The molecule has 2 saturated heterocycles. The van der Waals surface area contributed by atoms with Gasteiger partial charge in [0.05, 0.1) is 13.0 Å². The van der Waals surface area contributed by atoms with Crippen LogP contribution in [0.2, 0.25) is 0 Å². The zero-order chi connectivity index (χ0) is 9.54. The minimum atomic E-state index is 0.0488. The van der Waals surface area contributed by atoms with Crippen molar-refractivity contribution in [3.63, 3.8) is 0 Å². The van der Waals surface area contributed by atoms with Gasteiger partial charge in [0.15, 0.2) is 0 Å². The van der Waals surface area contributed by atoms with E-state index in [1.807, 2.05) is 30.3 Å². The number of fused-ring (bicyclic) bond motifs is 1. The summed E-state index contributed by atoms with van der Waals surface area (Å²) < 4.78 is 5.72. The van der Waals surface area contributed by atoms with Gasteiger partial charge in [-0.15, -0.1) is 0 Å². The zero-order valence-electron chi connectivity index (χ0n) is 7.72. The fraction of sp³-hybridized carbons (Fsp3) is 0.364. The maximum Gasteiger partial charge on any atom is 0.229 e. The number of carbonyl (C=O) groups is 1. The van der Waals surface area contributed by atoms with Gasteiger partial charge in [0.1, 0.15) is 12.3 Å². The first kappa shape index (κ1) is 8.00. The summed E-state index contributed by atoms with van der Waals surface area (Å²) >= 11 is 0. The second kappa shape index (κ2) is 2.82. The third-order valence-corrected chi connectivity index (χ3v) is 2.87. The molecule has 14 heavy (non-hydrogen) atoms. The second-order valence-electron chi connectivity index (χ2n) is 3.74. The Morgan fingerprint density at radius 1 is 1.29 bits per heavy atom. The molecule has 0 spiro atoms. The molecule has 1 amide bonds. The van der Waals surface area contributed by atoms with Crippen molar-refractivity contribution < 1.29 is 9.53 Å². The van der Waals surface area contributed by atoms with Gasteiger partial charge < -0.3 is 9.64 Å². The number of nitrogens with zero attached hydrogens (tertiary/aromatic N) is 1. The molecule has 3 rings (SSSR count). The average Bonchev–Trinajstić information content (AvgIpc) is 2.57. The monoisotopic (exact) mass is 189 g/mol. The van der Waals surface area contributed by atoms with Gasteiger partial charge in [-0.25, -0.2) is 0 Å². The largest absolute Gasteiger partial charge is 0.348 e. The van der Waals surface area contributed by atoms with Crippen molar-refractivity contribution in [1.29, 1.82) is 0 Å². The molecule has 0 N–H and O–H groups in total. The van der Waals surface area contributed by atoms with Crippen LogP contribution in [-0.4, -0.2) is 23.6 Å². The molecule has 0 aliphatic carbocycles. The minimum Gasteiger partial charge on any atom is -0.348 e. The number of amides is 1. The summed E-state index contributed by atoms with van der Waals surface area (Å²) in [6.07, 6.45) is 0.684. The van der Waals surface area contributed by atoms with Crippen molar-refractivity contribution in [3.05, 3.63) is 35.9 Å². The summed E-state index contributed by atoms with van der Waals surface area (Å²) in [6, 6.07) is 10.1. The van der Waals surface area contributed by atoms with Crippen LogP contribution in [0.4, 0.5) is 0 Å². The second-order valence-corrected chi connectivity index (χ2v) is 3.74. The number of rotatable bonds is 1. The summed E-state index contributed by atoms with van der Waals surface area (Å²) in [5, 5.41) is 0. The van der Waals surface area contributed by atoms with E-state index in [0.29, 0.717) is 13.0 Å². The van der Waals surface area contributed by atoms with Gasteiger partial charge in [0.2, 0.25) is 5.91 Å². The van der Waals surface area contributed by atoms with E-state index < -0.39 is 0 Å². The number of hydrogen-bond donors (Lipinski definition) is 0. The summed E-state index contributed by atoms with van der Waals surface area (Å²) in [5.74, 6) is 0.216. The van der Waals surface area contributed by atoms with Crippen molar-refractivity contribution in [2.45, 2.75) is 18.8 Å². The summed E-state index contributed by atoms with van der Waals surface area (Å²) in [4.78, 5) is 12.9. The molecular formula is C11H11NO2. The van der Waals surface area contributed by atoms with E-state index in [9.17, 15) is 4.79 Å². The van der Waals surface area contributed by atoms with Crippen molar-refractivity contribution in [3.8, 4) is 0 Å². The predicted octanol–water partition coefficient (Wildman–Crippen LogP) is 1.32. The Morgan fingerprint density at radius 2 is 2.07 bits per heavy atom. The Morgan fingerprint density at radius 3 is 2.71 bits per heavy atom. The molecule has 1 aromatic carbocycles. The van der Waals surface area contributed by atoms with Crippen LogP contribution in [0.1, 0.15) is 18.1 Å². The molecule has 2 atom stereocenters. The molecule has 2 aliphatic heterocycles. The minimum absolute atomic E-state index is 0.0488. The lowest BCUT2D eigenvalue weighted by atomic mass is 10.1. The quantitative estimate of drug-likeness (QED) is 0.623. The normalized spacial score (nSPS) is 30.0. The van der Waals surface area contributed by atoms with E-state index >= 15 is 0 Å². The highest BCUT2D eigenvalue weighted by atomic mass is 16.5. The highest BCUT2D eigenvalue weighted by molar-refractivity contribution is 5.83. The molecule has 3 nitrogen and oxygen atoms in total. The first-order valence-electron chi connectivity index (χ1n) is 4.84. The van der Waals surface area contributed by atoms with Gasteiger partial charge in [-0.2, -0.15) is 0 Å².